The molecule has 1 aliphatic heterocycles. The van der Waals surface area contributed by atoms with E-state index in [0.29, 0.717) is 0 Å². The topological polar surface area (TPSA) is 29.9 Å². The van der Waals surface area contributed by atoms with Crippen LogP contribution in [0.25, 0.3) is 5.69 Å². The Hall–Kier alpha value is -3.33. The summed E-state index contributed by atoms with van der Waals surface area (Å²) >= 11 is 0. The minimum Gasteiger partial charge on any atom is -0.370 e. The summed E-state index contributed by atoms with van der Waals surface area (Å²) in [6.07, 6.45) is 3.42. The number of aryl methyl sites for hydroxylation is 1. The summed E-state index contributed by atoms with van der Waals surface area (Å²) < 4.78 is 2.16. The average molecular weight is 408 g/mol. The number of aromatic nitrogens is 2. The van der Waals surface area contributed by atoms with Crippen LogP contribution in [0.3, 0.4) is 0 Å². The molecule has 0 saturated carbocycles. The van der Waals surface area contributed by atoms with Crippen molar-refractivity contribution in [1.82, 2.24) is 9.78 Å². The largest absolute Gasteiger partial charge is 0.370 e. The van der Waals surface area contributed by atoms with Gasteiger partial charge in [-0.3, -0.25) is 0 Å². The van der Waals surface area contributed by atoms with Crippen LogP contribution in [0.1, 0.15) is 52.3 Å². The van der Waals surface area contributed by atoms with Crippen molar-refractivity contribution in [2.45, 2.75) is 39.0 Å². The van der Waals surface area contributed by atoms with Gasteiger partial charge in [0.1, 0.15) is 5.82 Å². The van der Waals surface area contributed by atoms with E-state index < -0.39 is 0 Å². The molecule has 0 bridgehead atoms. The molecule has 1 aromatic heterocycles. The lowest BCUT2D eigenvalue weighted by Gasteiger charge is -2.18. The van der Waals surface area contributed by atoms with Crippen LogP contribution < -0.4 is 5.32 Å². The van der Waals surface area contributed by atoms with E-state index in [4.69, 9.17) is 5.10 Å². The summed E-state index contributed by atoms with van der Waals surface area (Å²) in [4.78, 5) is 0. The Morgan fingerprint density at radius 3 is 2.16 bits per heavy atom. The third kappa shape index (κ3) is 3.65. The number of rotatable bonds is 4. The van der Waals surface area contributed by atoms with Crippen molar-refractivity contribution < 1.29 is 0 Å². The first-order valence-corrected chi connectivity index (χ1v) is 11.3. The summed E-state index contributed by atoms with van der Waals surface area (Å²) in [5.41, 5.74) is 8.83. The Kier molecular flexibility index (Phi) is 5.33. The van der Waals surface area contributed by atoms with E-state index >= 15 is 0 Å². The molecule has 0 saturated heterocycles. The van der Waals surface area contributed by atoms with Gasteiger partial charge in [-0.15, -0.1) is 0 Å². The van der Waals surface area contributed by atoms with Gasteiger partial charge in [0.15, 0.2) is 0 Å². The molecule has 5 rings (SSSR count). The zero-order valence-corrected chi connectivity index (χ0v) is 18.3. The Bertz CT molecular complexity index is 1140. The van der Waals surface area contributed by atoms with Crippen LogP contribution in [0.4, 0.5) is 5.82 Å². The van der Waals surface area contributed by atoms with Crippen molar-refractivity contribution in [2.24, 2.45) is 0 Å². The van der Waals surface area contributed by atoms with Crippen LogP contribution in [0.5, 0.6) is 0 Å². The lowest BCUT2D eigenvalue weighted by Crippen LogP contribution is -2.09. The first-order chi connectivity index (χ1) is 15.2. The maximum Gasteiger partial charge on any atom is 0.133 e. The second kappa shape index (κ2) is 8.43. The second-order valence-corrected chi connectivity index (χ2v) is 8.48. The fourth-order valence-electron chi connectivity index (χ4n) is 4.70. The van der Waals surface area contributed by atoms with E-state index in [1.807, 2.05) is 0 Å². The van der Waals surface area contributed by atoms with Crippen molar-refractivity contribution >= 4 is 5.82 Å². The van der Waals surface area contributed by atoms with E-state index in [2.05, 4.69) is 103 Å². The molecule has 0 spiro atoms. The lowest BCUT2D eigenvalue weighted by molar-refractivity contribution is 0.753. The van der Waals surface area contributed by atoms with Gasteiger partial charge in [-0.25, -0.2) is 4.68 Å². The summed E-state index contributed by atoms with van der Waals surface area (Å²) in [5.74, 6) is 1.28. The Morgan fingerprint density at radius 2 is 1.48 bits per heavy atom. The van der Waals surface area contributed by atoms with Gasteiger partial charge < -0.3 is 5.32 Å². The highest BCUT2D eigenvalue weighted by atomic mass is 15.3. The van der Waals surface area contributed by atoms with Crippen LogP contribution in [-0.4, -0.2) is 16.3 Å². The number of anilines is 1. The number of nitrogens with zero attached hydrogens (tertiary/aromatic N) is 2. The first-order valence-electron chi connectivity index (χ1n) is 11.3. The van der Waals surface area contributed by atoms with Crippen LogP contribution in [-0.2, 0) is 6.42 Å². The molecular weight excluding hydrogens is 378 g/mol. The SMILES string of the molecule is Cc1cccc(-n2nc(C(c3ccccc3)c3ccccc3)c3c2NCCCC3)c1C. The van der Waals surface area contributed by atoms with Gasteiger partial charge in [0, 0.05) is 12.1 Å². The molecule has 3 heteroatoms. The molecule has 0 unspecified atom stereocenters. The highest BCUT2D eigenvalue weighted by molar-refractivity contribution is 5.59. The third-order valence-corrected chi connectivity index (χ3v) is 6.50. The van der Waals surface area contributed by atoms with Crippen molar-refractivity contribution in [2.75, 3.05) is 11.9 Å². The van der Waals surface area contributed by atoms with Gasteiger partial charge in [-0.1, -0.05) is 72.8 Å². The molecule has 156 valence electrons. The number of hydrogen-bond donors (Lipinski definition) is 1. The standard InChI is InChI=1S/C28H29N3/c1-20-12-11-18-25(21(20)2)31-28-24(17-9-10-19-29-28)27(30-31)26(22-13-5-3-6-14-22)23-15-7-4-8-16-23/h3-8,11-16,18,26,29H,9-10,17,19H2,1-2H3. The van der Waals surface area contributed by atoms with Crippen molar-refractivity contribution in [3.05, 3.63) is 112 Å². The first kappa shape index (κ1) is 19.6. The predicted octanol–water partition coefficient (Wildman–Crippen LogP) is 6.42. The van der Waals surface area contributed by atoms with Gasteiger partial charge in [-0.05, 0) is 61.4 Å². The maximum absolute atomic E-state index is 5.31. The van der Waals surface area contributed by atoms with Gasteiger partial charge >= 0.3 is 0 Å². The molecule has 2 heterocycles. The number of hydrogen-bond acceptors (Lipinski definition) is 2. The van der Waals surface area contributed by atoms with Crippen LogP contribution in [0.15, 0.2) is 78.9 Å². The molecule has 0 fully saturated rings. The van der Waals surface area contributed by atoms with Gasteiger partial charge in [0.05, 0.1) is 17.3 Å². The molecular formula is C28H29N3. The Balaban J connectivity index is 1.76. The number of fused-ring (bicyclic) bond motifs is 1. The average Bonchev–Trinajstić information content (AvgIpc) is 2.98. The molecule has 4 aromatic rings. The molecule has 3 aromatic carbocycles. The lowest BCUT2D eigenvalue weighted by atomic mass is 9.86. The minimum absolute atomic E-state index is 0.113. The van der Waals surface area contributed by atoms with E-state index in [1.165, 1.54) is 46.4 Å². The fourth-order valence-corrected chi connectivity index (χ4v) is 4.70. The minimum atomic E-state index is 0.113. The van der Waals surface area contributed by atoms with Crippen molar-refractivity contribution in [1.29, 1.82) is 0 Å². The summed E-state index contributed by atoms with van der Waals surface area (Å²) in [6, 6.07) is 28.1. The number of nitrogens with one attached hydrogen (secondary N) is 1. The fraction of sp³-hybridized carbons (Fsp3) is 0.250. The van der Waals surface area contributed by atoms with E-state index in [0.717, 1.165) is 24.5 Å². The van der Waals surface area contributed by atoms with E-state index in [-0.39, 0.29) is 5.92 Å². The molecule has 0 radical (unpaired) electrons. The quantitative estimate of drug-likeness (QED) is 0.423. The molecule has 1 aliphatic rings. The second-order valence-electron chi connectivity index (χ2n) is 8.48. The van der Waals surface area contributed by atoms with Crippen LogP contribution >= 0.6 is 0 Å². The summed E-state index contributed by atoms with van der Waals surface area (Å²) in [6.45, 7) is 5.36. The molecule has 1 N–H and O–H groups in total. The summed E-state index contributed by atoms with van der Waals surface area (Å²) in [7, 11) is 0. The summed E-state index contributed by atoms with van der Waals surface area (Å²) in [5, 5.41) is 9.03. The highest BCUT2D eigenvalue weighted by Gasteiger charge is 2.28. The monoisotopic (exact) mass is 407 g/mol. The smallest absolute Gasteiger partial charge is 0.133 e. The van der Waals surface area contributed by atoms with Gasteiger partial charge in [0.25, 0.3) is 0 Å². The highest BCUT2D eigenvalue weighted by Crippen LogP contribution is 2.39. The Morgan fingerprint density at radius 1 is 0.806 bits per heavy atom. The molecule has 3 nitrogen and oxygen atoms in total. The zero-order chi connectivity index (χ0) is 21.2. The maximum atomic E-state index is 5.31. The van der Waals surface area contributed by atoms with Crippen molar-refractivity contribution in [3.63, 3.8) is 0 Å². The van der Waals surface area contributed by atoms with E-state index in [9.17, 15) is 0 Å². The van der Waals surface area contributed by atoms with Crippen LogP contribution in [0, 0.1) is 13.8 Å². The Labute approximate surface area is 184 Å². The molecule has 31 heavy (non-hydrogen) atoms. The van der Waals surface area contributed by atoms with Gasteiger partial charge in [-0.2, -0.15) is 5.10 Å². The molecule has 0 aliphatic carbocycles. The predicted molar refractivity (Wildman–Crippen MR) is 128 cm³/mol. The molecule has 0 amide bonds. The number of benzene rings is 3. The van der Waals surface area contributed by atoms with Gasteiger partial charge in [0.2, 0.25) is 0 Å². The van der Waals surface area contributed by atoms with Crippen molar-refractivity contribution in [3.8, 4) is 5.69 Å². The van der Waals surface area contributed by atoms with E-state index in [1.54, 1.807) is 0 Å². The third-order valence-electron chi connectivity index (χ3n) is 6.50. The normalized spacial score (nSPS) is 13.5. The molecule has 0 atom stereocenters. The van der Waals surface area contributed by atoms with Crippen LogP contribution in [0.2, 0.25) is 0 Å². The zero-order valence-electron chi connectivity index (χ0n) is 18.3.